The van der Waals surface area contributed by atoms with Crippen LogP contribution in [0, 0.1) is 5.92 Å². The van der Waals surface area contributed by atoms with Crippen LogP contribution in [0.2, 0.25) is 0 Å². The van der Waals surface area contributed by atoms with Crippen molar-refractivity contribution in [2.75, 3.05) is 24.7 Å². The normalized spacial score (nSPS) is 18.2. The maximum absolute atomic E-state index is 12.4. The summed E-state index contributed by atoms with van der Waals surface area (Å²) in [6.07, 6.45) is 7.15. The van der Waals surface area contributed by atoms with Crippen LogP contribution in [0.15, 0.2) is 48.5 Å². The van der Waals surface area contributed by atoms with E-state index in [4.69, 9.17) is 25.7 Å². The van der Waals surface area contributed by atoms with Crippen LogP contribution >= 0.6 is 0 Å². The number of carbonyl (C=O) groups excluding carboxylic acids is 2. The molecule has 1 saturated carbocycles. The zero-order valence-electron chi connectivity index (χ0n) is 19.0. The third kappa shape index (κ3) is 7.64. The summed E-state index contributed by atoms with van der Waals surface area (Å²) in [4.78, 5) is 24.4. The van der Waals surface area contributed by atoms with Gasteiger partial charge in [-0.25, -0.2) is 4.79 Å². The SMILES string of the molecule is CCOC1CCC(C(=O)Oc2ccc(/C=C/C(=O)OCCc3ccc(N)cc3N)cc2)CC1. The van der Waals surface area contributed by atoms with E-state index in [0.717, 1.165) is 36.8 Å². The summed E-state index contributed by atoms with van der Waals surface area (Å²) in [5, 5.41) is 0. The molecule has 3 rings (SSSR count). The van der Waals surface area contributed by atoms with E-state index in [1.807, 2.05) is 13.0 Å². The van der Waals surface area contributed by atoms with Crippen LogP contribution in [-0.2, 0) is 25.5 Å². The number of rotatable bonds is 9. The second-order valence-electron chi connectivity index (χ2n) is 8.13. The van der Waals surface area contributed by atoms with Crippen molar-refractivity contribution in [2.24, 2.45) is 5.92 Å². The number of benzene rings is 2. The van der Waals surface area contributed by atoms with Crippen LogP contribution in [0.4, 0.5) is 11.4 Å². The van der Waals surface area contributed by atoms with Gasteiger partial charge in [-0.15, -0.1) is 0 Å². The Balaban J connectivity index is 1.41. The van der Waals surface area contributed by atoms with Gasteiger partial charge in [0.15, 0.2) is 0 Å². The molecule has 7 nitrogen and oxygen atoms in total. The summed E-state index contributed by atoms with van der Waals surface area (Å²) in [6, 6.07) is 12.3. The fourth-order valence-electron chi connectivity index (χ4n) is 3.86. The van der Waals surface area contributed by atoms with Gasteiger partial charge in [0.25, 0.3) is 0 Å². The third-order valence-electron chi connectivity index (χ3n) is 5.71. The molecule has 0 spiro atoms. The minimum Gasteiger partial charge on any atom is -0.462 e. The Hall–Kier alpha value is -3.32. The molecule has 1 fully saturated rings. The first-order valence-electron chi connectivity index (χ1n) is 11.4. The van der Waals surface area contributed by atoms with Crippen molar-refractivity contribution in [3.63, 3.8) is 0 Å². The zero-order valence-corrected chi connectivity index (χ0v) is 19.0. The lowest BCUT2D eigenvalue weighted by atomic mass is 9.87. The molecule has 33 heavy (non-hydrogen) atoms. The van der Waals surface area contributed by atoms with E-state index >= 15 is 0 Å². The molecule has 4 N–H and O–H groups in total. The van der Waals surface area contributed by atoms with E-state index < -0.39 is 5.97 Å². The Morgan fingerprint density at radius 1 is 1.03 bits per heavy atom. The van der Waals surface area contributed by atoms with Crippen molar-refractivity contribution in [3.8, 4) is 5.75 Å². The van der Waals surface area contributed by atoms with Crippen LogP contribution in [0.1, 0.15) is 43.7 Å². The number of esters is 2. The zero-order chi connectivity index (χ0) is 23.6. The topological polar surface area (TPSA) is 114 Å². The molecule has 0 atom stereocenters. The van der Waals surface area contributed by atoms with Crippen molar-refractivity contribution in [1.82, 2.24) is 0 Å². The standard InChI is InChI=1S/C26H32N2O5/c1-2-31-22-12-7-20(8-13-22)26(30)33-23-10-3-18(4-11-23)5-14-25(29)32-16-15-19-6-9-21(27)17-24(19)28/h3-6,9-11,14,17,20,22H,2,7-8,12-13,15-16,27-28H2,1H3/b14-5+. The predicted molar refractivity (Wildman–Crippen MR) is 128 cm³/mol. The van der Waals surface area contributed by atoms with Gasteiger partial charge in [0.2, 0.25) is 0 Å². The number of nitrogen functional groups attached to an aromatic ring is 2. The molecule has 0 amide bonds. The molecular formula is C26H32N2O5. The average molecular weight is 453 g/mol. The first-order chi connectivity index (χ1) is 15.9. The van der Waals surface area contributed by atoms with Gasteiger partial charge >= 0.3 is 11.9 Å². The van der Waals surface area contributed by atoms with Crippen LogP contribution in [-0.4, -0.2) is 31.3 Å². The molecule has 1 aliphatic carbocycles. The summed E-state index contributed by atoms with van der Waals surface area (Å²) in [6.45, 7) is 2.91. The Labute approximate surface area is 194 Å². The lowest BCUT2D eigenvalue weighted by Crippen LogP contribution is -2.28. The van der Waals surface area contributed by atoms with E-state index in [0.29, 0.717) is 30.2 Å². The highest BCUT2D eigenvalue weighted by Gasteiger charge is 2.27. The fourth-order valence-corrected chi connectivity index (χ4v) is 3.86. The van der Waals surface area contributed by atoms with E-state index in [9.17, 15) is 9.59 Å². The molecule has 0 aliphatic heterocycles. The molecule has 0 aromatic heterocycles. The van der Waals surface area contributed by atoms with Crippen molar-refractivity contribution in [1.29, 1.82) is 0 Å². The fraction of sp³-hybridized carbons (Fsp3) is 0.385. The van der Waals surface area contributed by atoms with E-state index in [2.05, 4.69) is 0 Å². The first-order valence-corrected chi connectivity index (χ1v) is 11.4. The van der Waals surface area contributed by atoms with Gasteiger partial charge in [-0.05, 0) is 74.1 Å². The highest BCUT2D eigenvalue weighted by Crippen LogP contribution is 2.28. The number of hydrogen-bond acceptors (Lipinski definition) is 7. The molecule has 0 heterocycles. The second-order valence-corrected chi connectivity index (χ2v) is 8.13. The highest BCUT2D eigenvalue weighted by molar-refractivity contribution is 5.87. The minimum atomic E-state index is -0.442. The number of nitrogens with two attached hydrogens (primary N) is 2. The molecule has 0 radical (unpaired) electrons. The van der Waals surface area contributed by atoms with Gasteiger partial charge in [-0.1, -0.05) is 18.2 Å². The van der Waals surface area contributed by atoms with Crippen molar-refractivity contribution >= 4 is 29.4 Å². The van der Waals surface area contributed by atoms with Gasteiger partial charge < -0.3 is 25.7 Å². The quantitative estimate of drug-likeness (QED) is 0.254. The number of carbonyl (C=O) groups is 2. The lowest BCUT2D eigenvalue weighted by molar-refractivity contribution is -0.141. The number of hydrogen-bond donors (Lipinski definition) is 2. The molecule has 2 aromatic carbocycles. The Morgan fingerprint density at radius 2 is 1.76 bits per heavy atom. The van der Waals surface area contributed by atoms with Gasteiger partial charge in [0, 0.05) is 30.5 Å². The molecule has 2 aromatic rings. The van der Waals surface area contributed by atoms with E-state index in [1.54, 1.807) is 42.5 Å². The molecule has 7 heteroatoms. The molecular weight excluding hydrogens is 420 g/mol. The Kier molecular flexibility index (Phi) is 8.89. The van der Waals surface area contributed by atoms with E-state index in [-0.39, 0.29) is 24.6 Å². The largest absolute Gasteiger partial charge is 0.462 e. The van der Waals surface area contributed by atoms with Crippen molar-refractivity contribution in [2.45, 2.75) is 45.1 Å². The summed E-state index contributed by atoms with van der Waals surface area (Å²) in [7, 11) is 0. The first kappa shape index (κ1) is 24.3. The lowest BCUT2D eigenvalue weighted by Gasteiger charge is -2.26. The maximum atomic E-state index is 12.4. The van der Waals surface area contributed by atoms with E-state index in [1.165, 1.54) is 6.08 Å². The number of anilines is 2. The van der Waals surface area contributed by atoms with Crippen LogP contribution < -0.4 is 16.2 Å². The summed E-state index contributed by atoms with van der Waals surface area (Å²) in [5.74, 6) is -0.229. The highest BCUT2D eigenvalue weighted by atomic mass is 16.5. The van der Waals surface area contributed by atoms with Gasteiger partial charge in [-0.2, -0.15) is 0 Å². The van der Waals surface area contributed by atoms with Crippen LogP contribution in [0.25, 0.3) is 6.08 Å². The van der Waals surface area contributed by atoms with Crippen LogP contribution in [0.5, 0.6) is 5.75 Å². The minimum absolute atomic E-state index is 0.0837. The Morgan fingerprint density at radius 3 is 2.42 bits per heavy atom. The van der Waals surface area contributed by atoms with Gasteiger partial charge in [0.1, 0.15) is 5.75 Å². The molecule has 1 aliphatic rings. The molecule has 176 valence electrons. The van der Waals surface area contributed by atoms with Crippen LogP contribution in [0.3, 0.4) is 0 Å². The Bertz CT molecular complexity index is 963. The monoisotopic (exact) mass is 452 g/mol. The third-order valence-corrected chi connectivity index (χ3v) is 5.71. The molecule has 0 unspecified atom stereocenters. The second kappa shape index (κ2) is 12.1. The van der Waals surface area contributed by atoms with Crippen molar-refractivity contribution < 1.29 is 23.8 Å². The average Bonchev–Trinajstić information content (AvgIpc) is 2.81. The van der Waals surface area contributed by atoms with Crippen molar-refractivity contribution in [3.05, 3.63) is 59.7 Å². The van der Waals surface area contributed by atoms with Gasteiger partial charge in [0.05, 0.1) is 18.6 Å². The molecule has 0 saturated heterocycles. The smallest absolute Gasteiger partial charge is 0.330 e. The molecule has 0 bridgehead atoms. The maximum Gasteiger partial charge on any atom is 0.330 e. The summed E-state index contributed by atoms with van der Waals surface area (Å²) < 4.78 is 16.4. The summed E-state index contributed by atoms with van der Waals surface area (Å²) >= 11 is 0. The summed E-state index contributed by atoms with van der Waals surface area (Å²) in [5.41, 5.74) is 14.4. The predicted octanol–water partition coefficient (Wildman–Crippen LogP) is 4.15. The van der Waals surface area contributed by atoms with Gasteiger partial charge in [-0.3, -0.25) is 4.79 Å². The number of ether oxygens (including phenoxy) is 3.